The fraction of sp³-hybridized carbons (Fsp3) is 0.190. The van der Waals surface area contributed by atoms with Crippen molar-refractivity contribution in [3.8, 4) is 0 Å². The molecule has 3 aromatic rings. The third kappa shape index (κ3) is 5.35. The van der Waals surface area contributed by atoms with Gasteiger partial charge in [0, 0.05) is 24.4 Å². The van der Waals surface area contributed by atoms with Gasteiger partial charge in [-0.2, -0.15) is 5.10 Å². The van der Waals surface area contributed by atoms with Gasteiger partial charge in [0.2, 0.25) is 5.91 Å². The molecule has 0 bridgehead atoms. The molecule has 0 fully saturated rings. The molecule has 2 amide bonds. The van der Waals surface area contributed by atoms with E-state index < -0.39 is 5.91 Å². The molecule has 0 aliphatic rings. The Hall–Kier alpha value is -3.81. The van der Waals surface area contributed by atoms with Crippen LogP contribution in [0.25, 0.3) is 0 Å². The summed E-state index contributed by atoms with van der Waals surface area (Å²) in [5, 5.41) is 9.53. The predicted octanol–water partition coefficient (Wildman–Crippen LogP) is 2.54. The zero-order chi connectivity index (χ0) is 20.8. The Kier molecular flexibility index (Phi) is 6.13. The zero-order valence-electron chi connectivity index (χ0n) is 16.2. The van der Waals surface area contributed by atoms with E-state index in [0.29, 0.717) is 11.5 Å². The first-order valence-electron chi connectivity index (χ1n) is 9.10. The van der Waals surface area contributed by atoms with Crippen LogP contribution < -0.4 is 16.2 Å². The number of carbonyl (C=O) groups is 2. The number of hydrogen-bond donors (Lipinski definition) is 2. The molecule has 2 heterocycles. The lowest BCUT2D eigenvalue weighted by Gasteiger charge is -2.09. The maximum Gasteiger partial charge on any atom is 0.276 e. The van der Waals surface area contributed by atoms with Crippen molar-refractivity contribution in [1.82, 2.24) is 14.8 Å². The van der Waals surface area contributed by atoms with Crippen LogP contribution in [0.4, 0.5) is 11.5 Å². The number of aryl methyl sites for hydroxylation is 3. The molecule has 3 rings (SSSR count). The second-order valence-corrected chi connectivity index (χ2v) is 6.57. The van der Waals surface area contributed by atoms with Gasteiger partial charge >= 0.3 is 0 Å². The topological polar surface area (TPSA) is 106 Å². The van der Waals surface area contributed by atoms with E-state index >= 15 is 0 Å². The number of hydrogen-bond acceptors (Lipinski definition) is 5. The van der Waals surface area contributed by atoms with Crippen molar-refractivity contribution >= 4 is 23.3 Å². The van der Waals surface area contributed by atoms with E-state index in [4.69, 9.17) is 0 Å². The molecule has 8 heteroatoms. The maximum absolute atomic E-state index is 12.4. The Labute approximate surface area is 167 Å². The summed E-state index contributed by atoms with van der Waals surface area (Å²) in [7, 11) is 0. The Morgan fingerprint density at radius 1 is 1.03 bits per heavy atom. The molecule has 0 aliphatic heterocycles. The number of pyridine rings is 1. The third-order valence-corrected chi connectivity index (χ3v) is 4.19. The molecular formula is C21H21N5O3. The SMILES string of the molecule is Cc1cccc(NC(=O)c2ccc(=O)n(CCC(=O)Nc3ncccc3C)n2)c1. The standard InChI is InChI=1S/C21H21N5O3/c1-14-5-3-7-16(13-14)23-21(29)17-8-9-19(28)26(25-17)12-10-18(27)24-20-15(2)6-4-11-22-20/h3-9,11,13H,10,12H2,1-2H3,(H,23,29)(H,22,24,27). The molecule has 148 valence electrons. The average molecular weight is 391 g/mol. The van der Waals surface area contributed by atoms with Crippen LogP contribution in [-0.2, 0) is 11.3 Å². The zero-order valence-corrected chi connectivity index (χ0v) is 16.2. The van der Waals surface area contributed by atoms with Crippen molar-refractivity contribution in [2.45, 2.75) is 26.8 Å². The van der Waals surface area contributed by atoms with Gasteiger partial charge in [0.25, 0.3) is 11.5 Å². The highest BCUT2D eigenvalue weighted by Crippen LogP contribution is 2.11. The summed E-state index contributed by atoms with van der Waals surface area (Å²) in [6.07, 6.45) is 1.61. The summed E-state index contributed by atoms with van der Waals surface area (Å²) < 4.78 is 1.11. The fourth-order valence-electron chi connectivity index (χ4n) is 2.67. The molecule has 0 spiro atoms. The van der Waals surface area contributed by atoms with Gasteiger partial charge < -0.3 is 10.6 Å². The molecule has 8 nitrogen and oxygen atoms in total. The minimum Gasteiger partial charge on any atom is -0.321 e. The lowest BCUT2D eigenvalue weighted by molar-refractivity contribution is -0.116. The van der Waals surface area contributed by atoms with Gasteiger partial charge in [0.15, 0.2) is 0 Å². The molecule has 0 atom stereocenters. The number of carbonyl (C=O) groups excluding carboxylic acids is 2. The van der Waals surface area contributed by atoms with Crippen molar-refractivity contribution in [3.05, 3.63) is 81.9 Å². The van der Waals surface area contributed by atoms with Gasteiger partial charge in [-0.15, -0.1) is 0 Å². The van der Waals surface area contributed by atoms with Crippen molar-refractivity contribution in [2.75, 3.05) is 10.6 Å². The molecule has 0 unspecified atom stereocenters. The lowest BCUT2D eigenvalue weighted by Crippen LogP contribution is -2.28. The summed E-state index contributed by atoms with van der Waals surface area (Å²) in [4.78, 5) is 40.7. The van der Waals surface area contributed by atoms with E-state index in [1.165, 1.54) is 12.1 Å². The first-order valence-corrected chi connectivity index (χ1v) is 9.10. The molecule has 0 aliphatic carbocycles. The minimum atomic E-state index is -0.432. The van der Waals surface area contributed by atoms with Crippen LogP contribution in [0.15, 0.2) is 59.5 Å². The molecule has 2 aromatic heterocycles. The highest BCUT2D eigenvalue weighted by atomic mass is 16.2. The van der Waals surface area contributed by atoms with Gasteiger partial charge in [-0.1, -0.05) is 18.2 Å². The van der Waals surface area contributed by atoms with Crippen LogP contribution in [0.3, 0.4) is 0 Å². The highest BCUT2D eigenvalue weighted by Gasteiger charge is 2.12. The molecule has 2 N–H and O–H groups in total. The fourth-order valence-corrected chi connectivity index (χ4v) is 2.67. The van der Waals surface area contributed by atoms with Crippen molar-refractivity contribution in [2.24, 2.45) is 0 Å². The molecule has 29 heavy (non-hydrogen) atoms. The van der Waals surface area contributed by atoms with Crippen LogP contribution in [0.1, 0.15) is 28.0 Å². The van der Waals surface area contributed by atoms with E-state index in [1.807, 2.05) is 38.1 Å². The van der Waals surface area contributed by atoms with E-state index in [0.717, 1.165) is 15.8 Å². The summed E-state index contributed by atoms with van der Waals surface area (Å²) in [5.41, 5.74) is 2.19. The Morgan fingerprint density at radius 2 is 1.86 bits per heavy atom. The predicted molar refractivity (Wildman–Crippen MR) is 110 cm³/mol. The third-order valence-electron chi connectivity index (χ3n) is 4.19. The highest BCUT2D eigenvalue weighted by molar-refractivity contribution is 6.02. The van der Waals surface area contributed by atoms with Gasteiger partial charge in [0.05, 0.1) is 6.54 Å². The van der Waals surface area contributed by atoms with E-state index in [2.05, 4.69) is 20.7 Å². The van der Waals surface area contributed by atoms with Crippen LogP contribution >= 0.6 is 0 Å². The van der Waals surface area contributed by atoms with Crippen LogP contribution in [0.2, 0.25) is 0 Å². The number of rotatable bonds is 6. The van der Waals surface area contributed by atoms with Crippen molar-refractivity contribution in [1.29, 1.82) is 0 Å². The summed E-state index contributed by atoms with van der Waals surface area (Å²) in [5.74, 6) is -0.253. The van der Waals surface area contributed by atoms with Crippen LogP contribution in [-0.4, -0.2) is 26.6 Å². The van der Waals surface area contributed by atoms with Crippen molar-refractivity contribution in [3.63, 3.8) is 0 Å². The monoisotopic (exact) mass is 391 g/mol. The van der Waals surface area contributed by atoms with Gasteiger partial charge in [-0.3, -0.25) is 14.4 Å². The number of amides is 2. The number of nitrogens with zero attached hydrogens (tertiary/aromatic N) is 3. The quantitative estimate of drug-likeness (QED) is 0.672. The molecule has 0 saturated carbocycles. The van der Waals surface area contributed by atoms with E-state index in [-0.39, 0.29) is 30.1 Å². The second-order valence-electron chi connectivity index (χ2n) is 6.57. The molecule has 1 aromatic carbocycles. The normalized spacial score (nSPS) is 10.4. The smallest absolute Gasteiger partial charge is 0.276 e. The first-order chi connectivity index (χ1) is 13.9. The molecular weight excluding hydrogens is 370 g/mol. The Bertz CT molecular complexity index is 1110. The maximum atomic E-state index is 12.4. The van der Waals surface area contributed by atoms with Gasteiger partial charge in [-0.25, -0.2) is 9.67 Å². The van der Waals surface area contributed by atoms with E-state index in [1.54, 1.807) is 18.3 Å². The first kappa shape index (κ1) is 19.9. The molecule has 0 saturated heterocycles. The second kappa shape index (κ2) is 8.92. The van der Waals surface area contributed by atoms with Crippen LogP contribution in [0, 0.1) is 13.8 Å². The molecule has 0 radical (unpaired) electrons. The van der Waals surface area contributed by atoms with Gasteiger partial charge in [-0.05, 0) is 49.2 Å². The van der Waals surface area contributed by atoms with E-state index in [9.17, 15) is 14.4 Å². The summed E-state index contributed by atoms with van der Waals surface area (Å²) >= 11 is 0. The van der Waals surface area contributed by atoms with Gasteiger partial charge in [0.1, 0.15) is 11.5 Å². The summed E-state index contributed by atoms with van der Waals surface area (Å²) in [6, 6.07) is 13.6. The van der Waals surface area contributed by atoms with Crippen molar-refractivity contribution < 1.29 is 9.59 Å². The number of anilines is 2. The Balaban J connectivity index is 1.65. The number of aromatic nitrogens is 3. The minimum absolute atomic E-state index is 0.0197. The van der Waals surface area contributed by atoms with Crippen LogP contribution in [0.5, 0.6) is 0 Å². The summed E-state index contributed by atoms with van der Waals surface area (Å²) in [6.45, 7) is 3.80. The Morgan fingerprint density at radius 3 is 2.62 bits per heavy atom. The number of benzene rings is 1. The number of nitrogens with one attached hydrogen (secondary N) is 2. The lowest BCUT2D eigenvalue weighted by atomic mass is 10.2. The average Bonchev–Trinajstić information content (AvgIpc) is 2.69. The largest absolute Gasteiger partial charge is 0.321 e.